The number of alkyl halides is 1. The molecule has 1 aliphatic rings. The third-order valence-electron chi connectivity index (χ3n) is 5.88. The normalized spacial score (nSPS) is 17.9. The molecule has 176 valence electrons. The van der Waals surface area contributed by atoms with E-state index in [2.05, 4.69) is 9.98 Å². The van der Waals surface area contributed by atoms with Crippen LogP contribution in [-0.4, -0.2) is 45.8 Å². The molecule has 0 aliphatic carbocycles. The molecule has 3 aromatic rings. The third kappa shape index (κ3) is 3.64. The number of pyridine rings is 1. The highest BCUT2D eigenvalue weighted by Gasteiger charge is 2.50. The first-order chi connectivity index (χ1) is 16.2. The number of hydrogen-bond acceptors (Lipinski definition) is 5. The molecule has 0 saturated carbocycles. The van der Waals surface area contributed by atoms with Gasteiger partial charge in [-0.3, -0.25) is 14.5 Å². The number of halogens is 3. The van der Waals surface area contributed by atoms with Crippen molar-refractivity contribution < 1.29 is 22.8 Å². The lowest BCUT2D eigenvalue weighted by Gasteiger charge is -2.25. The van der Waals surface area contributed by atoms with E-state index < -0.39 is 29.9 Å². The molecule has 34 heavy (non-hydrogen) atoms. The fourth-order valence-electron chi connectivity index (χ4n) is 4.12. The van der Waals surface area contributed by atoms with Gasteiger partial charge in [-0.15, -0.1) is 0 Å². The number of aryl methyl sites for hydroxylation is 1. The maximum Gasteiger partial charge on any atom is 0.266 e. The van der Waals surface area contributed by atoms with Crippen LogP contribution >= 0.6 is 0 Å². The average Bonchev–Trinajstić information content (AvgIpc) is 3.36. The summed E-state index contributed by atoms with van der Waals surface area (Å²) in [6, 6.07) is 8.74. The number of likely N-dealkylation sites (N-methyl/N-ethyl adjacent to an activating group) is 1. The number of amides is 1. The summed E-state index contributed by atoms with van der Waals surface area (Å²) in [5, 5.41) is 0. The molecule has 0 saturated heterocycles. The average molecular weight is 469 g/mol. The third-order valence-corrected chi connectivity index (χ3v) is 5.88. The predicted octanol–water partition coefficient (Wildman–Crippen LogP) is 3.42. The molecule has 0 bridgehead atoms. The van der Waals surface area contributed by atoms with Gasteiger partial charge in [-0.1, -0.05) is 25.1 Å². The van der Waals surface area contributed by atoms with Crippen LogP contribution in [0.2, 0.25) is 0 Å². The second-order valence-corrected chi connectivity index (χ2v) is 7.89. The number of carbonyl (C=O) groups is 2. The molecule has 10 heteroatoms. The van der Waals surface area contributed by atoms with Gasteiger partial charge in [0, 0.05) is 30.8 Å². The van der Waals surface area contributed by atoms with E-state index in [0.29, 0.717) is 11.1 Å². The highest BCUT2D eigenvalue weighted by atomic mass is 19.1. The number of aliphatic imine (C=N–C) groups is 1. The maximum absolute atomic E-state index is 14.4. The minimum atomic E-state index is -1.70. The molecular weight excluding hydrogens is 447 g/mol. The Balaban J connectivity index is 1.96. The van der Waals surface area contributed by atoms with E-state index >= 15 is 0 Å². The Bertz CT molecular complexity index is 1320. The Morgan fingerprint density at radius 3 is 2.59 bits per heavy atom. The summed E-state index contributed by atoms with van der Waals surface area (Å²) in [6.45, 7) is 0.881. The fourth-order valence-corrected chi connectivity index (χ4v) is 4.12. The zero-order valence-electron chi connectivity index (χ0n) is 18.6. The molecule has 2 N–H and O–H groups in total. The summed E-state index contributed by atoms with van der Waals surface area (Å²) < 4.78 is 42.8. The van der Waals surface area contributed by atoms with Crippen molar-refractivity contribution in [3.8, 4) is 11.1 Å². The number of Topliss-reactive ketones (excluding diaryl/α,β-unsaturated/α-hetero) is 1. The summed E-state index contributed by atoms with van der Waals surface area (Å²) in [5.41, 5.74) is 5.35. The molecule has 7 nitrogen and oxygen atoms in total. The van der Waals surface area contributed by atoms with Crippen LogP contribution < -0.4 is 5.73 Å². The molecule has 1 aliphatic heterocycles. The molecule has 0 radical (unpaired) electrons. The first-order valence-electron chi connectivity index (χ1n) is 10.6. The fraction of sp³-hybridized carbons (Fsp3) is 0.250. The Morgan fingerprint density at radius 2 is 1.94 bits per heavy atom. The zero-order valence-corrected chi connectivity index (χ0v) is 18.6. The largest absolute Gasteiger partial charge is 0.369 e. The Morgan fingerprint density at radius 1 is 1.18 bits per heavy atom. The van der Waals surface area contributed by atoms with E-state index in [1.54, 1.807) is 25.1 Å². The van der Waals surface area contributed by atoms with Gasteiger partial charge >= 0.3 is 0 Å². The SMILES string of the molecule is CCC(=O)c1cc([C@@]2(c3cccc(-c4cc(F)cnc4F)c3)N=C(N)N(C)C2=O)cn1CCF. The minimum Gasteiger partial charge on any atom is -0.369 e. The van der Waals surface area contributed by atoms with Crippen LogP contribution in [-0.2, 0) is 16.9 Å². The Hall–Kier alpha value is -3.95. The van der Waals surface area contributed by atoms with Gasteiger partial charge < -0.3 is 10.3 Å². The lowest BCUT2D eigenvalue weighted by atomic mass is 9.83. The van der Waals surface area contributed by atoms with Crippen molar-refractivity contribution >= 4 is 17.6 Å². The van der Waals surface area contributed by atoms with Crippen LogP contribution in [0.5, 0.6) is 0 Å². The lowest BCUT2D eigenvalue weighted by Crippen LogP contribution is -2.41. The van der Waals surface area contributed by atoms with Crippen molar-refractivity contribution in [2.75, 3.05) is 13.7 Å². The molecule has 4 rings (SSSR count). The number of rotatable bonds is 7. The second kappa shape index (κ2) is 8.77. The highest BCUT2D eigenvalue weighted by molar-refractivity contribution is 6.09. The molecule has 3 heterocycles. The van der Waals surface area contributed by atoms with Crippen molar-refractivity contribution in [2.45, 2.75) is 25.4 Å². The van der Waals surface area contributed by atoms with E-state index in [-0.39, 0.29) is 41.5 Å². The molecule has 1 amide bonds. The smallest absolute Gasteiger partial charge is 0.266 e. The number of hydrogen-bond donors (Lipinski definition) is 1. The van der Waals surface area contributed by atoms with Crippen LogP contribution in [0.25, 0.3) is 11.1 Å². The number of carbonyl (C=O) groups excluding carboxylic acids is 2. The van der Waals surface area contributed by atoms with Crippen molar-refractivity contribution in [3.05, 3.63) is 77.4 Å². The van der Waals surface area contributed by atoms with Gasteiger partial charge in [0.15, 0.2) is 17.3 Å². The zero-order chi connectivity index (χ0) is 24.6. The number of guanidine groups is 1. The van der Waals surface area contributed by atoms with E-state index in [0.717, 1.165) is 12.3 Å². The van der Waals surface area contributed by atoms with Crippen LogP contribution in [0.4, 0.5) is 13.2 Å². The first kappa shape index (κ1) is 23.2. The second-order valence-electron chi connectivity index (χ2n) is 7.89. The number of nitrogens with two attached hydrogens (primary N) is 1. The standard InChI is InChI=1S/C24H22F3N5O2/c1-3-20(33)19-10-16(13-32(19)8-7-25)24(22(34)31(2)23(28)30-24)15-6-4-5-14(9-15)18-11-17(26)12-29-21(18)27/h4-6,9-13H,3,7-8H2,1-2H3,(H2,28,30)/t24-/m1/s1. The predicted molar refractivity (Wildman–Crippen MR) is 120 cm³/mol. The van der Waals surface area contributed by atoms with Crippen molar-refractivity contribution in [1.29, 1.82) is 0 Å². The van der Waals surface area contributed by atoms with Crippen molar-refractivity contribution in [1.82, 2.24) is 14.5 Å². The van der Waals surface area contributed by atoms with E-state index in [1.165, 1.54) is 34.8 Å². The molecular formula is C24H22F3N5O2. The molecule has 1 aromatic carbocycles. The van der Waals surface area contributed by atoms with Crippen LogP contribution in [0.15, 0.2) is 53.8 Å². The van der Waals surface area contributed by atoms with Crippen LogP contribution in [0, 0.1) is 11.8 Å². The summed E-state index contributed by atoms with van der Waals surface area (Å²) in [7, 11) is 1.46. The van der Waals surface area contributed by atoms with E-state index in [1.807, 2.05) is 0 Å². The molecule has 2 aromatic heterocycles. The topological polar surface area (TPSA) is 93.6 Å². The summed E-state index contributed by atoms with van der Waals surface area (Å²) >= 11 is 0. The maximum atomic E-state index is 14.4. The van der Waals surface area contributed by atoms with Gasteiger partial charge in [0.25, 0.3) is 5.91 Å². The highest BCUT2D eigenvalue weighted by Crippen LogP contribution is 2.41. The van der Waals surface area contributed by atoms with Crippen molar-refractivity contribution in [3.63, 3.8) is 0 Å². The van der Waals surface area contributed by atoms with Crippen LogP contribution in [0.1, 0.15) is 35.0 Å². The van der Waals surface area contributed by atoms with Gasteiger partial charge in [0.1, 0.15) is 12.5 Å². The monoisotopic (exact) mass is 469 g/mol. The number of benzene rings is 1. The van der Waals surface area contributed by atoms with Gasteiger partial charge in [-0.2, -0.15) is 4.39 Å². The van der Waals surface area contributed by atoms with E-state index in [9.17, 15) is 22.8 Å². The first-order valence-corrected chi connectivity index (χ1v) is 10.6. The Kier molecular flexibility index (Phi) is 5.99. The summed E-state index contributed by atoms with van der Waals surface area (Å²) in [4.78, 5) is 35.1. The van der Waals surface area contributed by atoms with Gasteiger partial charge in [0.05, 0.1) is 18.4 Å². The number of aromatic nitrogens is 2. The molecule has 1 atom stereocenters. The minimum absolute atomic E-state index is 0.0596. The summed E-state index contributed by atoms with van der Waals surface area (Å²) in [6.07, 6.45) is 2.46. The van der Waals surface area contributed by atoms with Crippen molar-refractivity contribution in [2.24, 2.45) is 10.7 Å². The number of nitrogens with zero attached hydrogens (tertiary/aromatic N) is 4. The van der Waals surface area contributed by atoms with Gasteiger partial charge in [-0.25, -0.2) is 18.8 Å². The quantitative estimate of drug-likeness (QED) is 0.424. The summed E-state index contributed by atoms with van der Waals surface area (Å²) in [5.74, 6) is -2.40. The van der Waals surface area contributed by atoms with Gasteiger partial charge in [-0.05, 0) is 29.3 Å². The molecule has 0 spiro atoms. The molecule has 0 unspecified atom stereocenters. The van der Waals surface area contributed by atoms with Gasteiger partial charge in [0.2, 0.25) is 5.95 Å². The Labute approximate surface area is 193 Å². The molecule has 0 fully saturated rings. The van der Waals surface area contributed by atoms with Crippen LogP contribution in [0.3, 0.4) is 0 Å². The number of ketones is 1. The van der Waals surface area contributed by atoms with E-state index in [4.69, 9.17) is 5.73 Å². The lowest BCUT2D eigenvalue weighted by molar-refractivity contribution is -0.129.